The molecule has 3 N–H and O–H groups in total. The molecule has 1 fully saturated rings. The number of benzene rings is 1. The fourth-order valence-corrected chi connectivity index (χ4v) is 3.92. The number of nitrogens with one attached hydrogen (secondary N) is 3. The molecule has 0 radical (unpaired) electrons. The summed E-state index contributed by atoms with van der Waals surface area (Å²) < 4.78 is 1.81. The van der Waals surface area contributed by atoms with E-state index in [0.29, 0.717) is 17.7 Å². The van der Waals surface area contributed by atoms with Crippen molar-refractivity contribution in [2.45, 2.75) is 46.1 Å². The minimum absolute atomic E-state index is 0.155. The van der Waals surface area contributed by atoms with E-state index < -0.39 is 17.5 Å². The smallest absolute Gasteiger partial charge is 0.322 e. The molecule has 1 aliphatic rings. The van der Waals surface area contributed by atoms with Gasteiger partial charge >= 0.3 is 6.03 Å². The van der Waals surface area contributed by atoms with Gasteiger partial charge in [0.2, 0.25) is 5.91 Å². The van der Waals surface area contributed by atoms with Crippen molar-refractivity contribution in [2.24, 2.45) is 0 Å². The number of carbonyl (C=O) groups is 3. The maximum Gasteiger partial charge on any atom is 0.322 e. The molecule has 31 heavy (non-hydrogen) atoms. The Morgan fingerprint density at radius 3 is 2.68 bits per heavy atom. The van der Waals surface area contributed by atoms with Crippen LogP contribution in [0.5, 0.6) is 0 Å². The van der Waals surface area contributed by atoms with Crippen molar-refractivity contribution in [3.8, 4) is 0 Å². The van der Waals surface area contributed by atoms with Gasteiger partial charge in [-0.05, 0) is 57.4 Å². The first-order valence-corrected chi connectivity index (χ1v) is 10.0. The summed E-state index contributed by atoms with van der Waals surface area (Å²) >= 11 is 0. The van der Waals surface area contributed by atoms with Crippen LogP contribution >= 0.6 is 0 Å². The van der Waals surface area contributed by atoms with Gasteiger partial charge in [0.05, 0.1) is 5.69 Å². The van der Waals surface area contributed by atoms with Crippen LogP contribution in [0.25, 0.3) is 5.65 Å². The van der Waals surface area contributed by atoms with Crippen molar-refractivity contribution < 1.29 is 14.4 Å². The minimum atomic E-state index is -1.17. The predicted octanol–water partition coefficient (Wildman–Crippen LogP) is 2.28. The lowest BCUT2D eigenvalue weighted by atomic mass is 9.92. The summed E-state index contributed by atoms with van der Waals surface area (Å²) in [5, 5.41) is 12.2. The Morgan fingerprint density at radius 2 is 1.97 bits per heavy atom. The van der Waals surface area contributed by atoms with Crippen molar-refractivity contribution in [1.82, 2.24) is 25.2 Å². The van der Waals surface area contributed by atoms with Crippen molar-refractivity contribution in [3.05, 3.63) is 58.5 Å². The van der Waals surface area contributed by atoms with Gasteiger partial charge in [-0.15, -0.1) is 0 Å². The number of nitrogens with zero attached hydrogens (tertiary/aromatic N) is 3. The van der Waals surface area contributed by atoms with E-state index in [2.05, 4.69) is 26.0 Å². The zero-order chi connectivity index (χ0) is 22.3. The predicted molar refractivity (Wildman–Crippen MR) is 115 cm³/mol. The molecule has 0 aliphatic carbocycles. The zero-order valence-corrected chi connectivity index (χ0v) is 17.9. The first-order chi connectivity index (χ1) is 14.7. The molecule has 160 valence electrons. The lowest BCUT2D eigenvalue weighted by Gasteiger charge is -2.21. The van der Waals surface area contributed by atoms with Gasteiger partial charge in [0, 0.05) is 29.6 Å². The zero-order valence-electron chi connectivity index (χ0n) is 17.9. The number of aromatic nitrogens is 3. The number of imide groups is 1. The molecule has 1 saturated heterocycles. The summed E-state index contributed by atoms with van der Waals surface area (Å²) in [6, 6.07) is 8.30. The van der Waals surface area contributed by atoms with Crippen molar-refractivity contribution in [3.63, 3.8) is 0 Å². The Kier molecular flexibility index (Phi) is 4.96. The third-order valence-corrected chi connectivity index (χ3v) is 5.66. The van der Waals surface area contributed by atoms with Gasteiger partial charge in [-0.2, -0.15) is 5.10 Å². The van der Waals surface area contributed by atoms with Gasteiger partial charge < -0.3 is 10.6 Å². The van der Waals surface area contributed by atoms with Gasteiger partial charge in [-0.25, -0.2) is 14.3 Å². The van der Waals surface area contributed by atoms with Crippen molar-refractivity contribution >= 4 is 29.2 Å². The van der Waals surface area contributed by atoms with E-state index in [1.807, 2.05) is 26.8 Å². The second kappa shape index (κ2) is 7.50. The summed E-state index contributed by atoms with van der Waals surface area (Å²) in [5.74, 6) is -0.582. The molecule has 0 saturated carbocycles. The molecule has 2 aromatic heterocycles. The van der Waals surface area contributed by atoms with Gasteiger partial charge in [-0.3, -0.25) is 14.9 Å². The maximum atomic E-state index is 12.6. The number of urea groups is 1. The number of aryl methyl sites for hydroxylation is 3. The third kappa shape index (κ3) is 3.74. The number of carbonyl (C=O) groups excluding carboxylic acids is 3. The fourth-order valence-electron chi connectivity index (χ4n) is 3.92. The number of anilines is 1. The van der Waals surface area contributed by atoms with E-state index in [1.165, 1.54) is 0 Å². The Morgan fingerprint density at radius 1 is 1.19 bits per heavy atom. The van der Waals surface area contributed by atoms with Crippen LogP contribution in [0.3, 0.4) is 0 Å². The molecule has 0 spiro atoms. The normalized spacial score (nSPS) is 18.2. The van der Waals surface area contributed by atoms with Crippen LogP contribution in [0.2, 0.25) is 0 Å². The Balaban J connectivity index is 1.47. The van der Waals surface area contributed by atoms with Gasteiger partial charge in [0.25, 0.3) is 5.91 Å². The lowest BCUT2D eigenvalue weighted by Crippen LogP contribution is -2.40. The number of fused-ring (bicyclic) bond motifs is 1. The van der Waals surface area contributed by atoms with E-state index in [9.17, 15) is 14.4 Å². The highest BCUT2D eigenvalue weighted by Gasteiger charge is 2.43. The fraction of sp³-hybridized carbons (Fsp3) is 0.318. The summed E-state index contributed by atoms with van der Waals surface area (Å²) in [5.41, 5.74) is 4.52. The van der Waals surface area contributed by atoms with Crippen LogP contribution in [0.4, 0.5) is 10.5 Å². The molecular weight excluding hydrogens is 396 g/mol. The van der Waals surface area contributed by atoms with Crippen LogP contribution < -0.4 is 16.0 Å². The molecule has 4 rings (SSSR count). The Hall–Kier alpha value is -3.75. The summed E-state index contributed by atoms with van der Waals surface area (Å²) in [4.78, 5) is 40.9. The first kappa shape index (κ1) is 20.5. The quantitative estimate of drug-likeness (QED) is 0.548. The number of hydrogen-bond acceptors (Lipinski definition) is 5. The van der Waals surface area contributed by atoms with Crippen LogP contribution in [0.1, 0.15) is 41.6 Å². The maximum absolute atomic E-state index is 12.6. The molecule has 1 unspecified atom stereocenters. The molecule has 3 aromatic rings. The molecule has 1 aromatic carbocycles. The lowest BCUT2D eigenvalue weighted by molar-refractivity contribution is -0.123. The van der Waals surface area contributed by atoms with Crippen molar-refractivity contribution in [1.29, 1.82) is 0 Å². The standard InChI is InChI=1S/C22H24N6O3/c1-12-10-18-23-13(2)17(14(3)28(18)27-12)8-9-19(29)24-16-7-5-6-15(11-16)22(4)20(30)25-21(31)26-22/h5-7,10-11H,8-9H2,1-4H3,(H,24,29)(H2,25,26,30,31). The minimum Gasteiger partial charge on any atom is -0.326 e. The van der Waals surface area contributed by atoms with Crippen LogP contribution in [0, 0.1) is 20.8 Å². The topological polar surface area (TPSA) is 117 Å². The van der Waals surface area contributed by atoms with E-state index in [0.717, 1.165) is 28.3 Å². The highest BCUT2D eigenvalue weighted by atomic mass is 16.2. The molecule has 1 aliphatic heterocycles. The van der Waals surface area contributed by atoms with E-state index in [1.54, 1.807) is 35.7 Å². The number of amides is 4. The van der Waals surface area contributed by atoms with E-state index >= 15 is 0 Å². The second-order valence-electron chi connectivity index (χ2n) is 7.98. The molecule has 0 bridgehead atoms. The third-order valence-electron chi connectivity index (χ3n) is 5.66. The molecule has 9 nitrogen and oxygen atoms in total. The van der Waals surface area contributed by atoms with Crippen molar-refractivity contribution in [2.75, 3.05) is 5.32 Å². The molecule has 3 heterocycles. The summed E-state index contributed by atoms with van der Waals surface area (Å²) in [6.07, 6.45) is 0.801. The average Bonchev–Trinajstić information content (AvgIpc) is 3.20. The van der Waals surface area contributed by atoms with Gasteiger partial charge in [0.1, 0.15) is 5.54 Å². The Labute approximate surface area is 179 Å². The molecule has 1 atom stereocenters. The molecular formula is C22H24N6O3. The Bertz CT molecular complexity index is 1230. The summed E-state index contributed by atoms with van der Waals surface area (Å²) in [7, 11) is 0. The van der Waals surface area contributed by atoms with Gasteiger partial charge in [0.15, 0.2) is 5.65 Å². The second-order valence-corrected chi connectivity index (χ2v) is 7.98. The first-order valence-electron chi connectivity index (χ1n) is 10.0. The highest BCUT2D eigenvalue weighted by molar-refractivity contribution is 6.07. The van der Waals surface area contributed by atoms with Crippen LogP contribution in [-0.2, 0) is 21.5 Å². The largest absolute Gasteiger partial charge is 0.326 e. The van der Waals surface area contributed by atoms with Crippen LogP contribution in [0.15, 0.2) is 30.3 Å². The number of hydrogen-bond donors (Lipinski definition) is 3. The van der Waals surface area contributed by atoms with Gasteiger partial charge in [-0.1, -0.05) is 12.1 Å². The van der Waals surface area contributed by atoms with Crippen LogP contribution in [-0.4, -0.2) is 32.4 Å². The summed E-state index contributed by atoms with van der Waals surface area (Å²) in [6.45, 7) is 7.46. The number of rotatable bonds is 5. The molecule has 4 amide bonds. The highest BCUT2D eigenvalue weighted by Crippen LogP contribution is 2.26. The SMILES string of the molecule is Cc1cc2nc(C)c(CCC(=O)Nc3cccc(C4(C)NC(=O)NC4=O)c3)c(C)n2n1. The van der Waals surface area contributed by atoms with E-state index in [-0.39, 0.29) is 12.3 Å². The average molecular weight is 420 g/mol. The van der Waals surface area contributed by atoms with E-state index in [4.69, 9.17) is 0 Å². The monoisotopic (exact) mass is 420 g/mol. The molecule has 9 heteroatoms.